The van der Waals surface area contributed by atoms with E-state index < -0.39 is 0 Å². The van der Waals surface area contributed by atoms with Crippen molar-refractivity contribution in [1.29, 1.82) is 0 Å². The van der Waals surface area contributed by atoms with Crippen LogP contribution in [0.3, 0.4) is 0 Å². The van der Waals surface area contributed by atoms with Gasteiger partial charge in [-0.25, -0.2) is 4.39 Å². The molecule has 0 saturated heterocycles. The van der Waals surface area contributed by atoms with Crippen LogP contribution in [0.2, 0.25) is 0 Å². The Morgan fingerprint density at radius 2 is 2.12 bits per heavy atom. The number of halogens is 1. The molecule has 6 nitrogen and oxygen atoms in total. The zero-order valence-corrected chi connectivity index (χ0v) is 13.3. The molecule has 7 heteroatoms. The number of hydrogen-bond acceptors (Lipinski definition) is 6. The van der Waals surface area contributed by atoms with Gasteiger partial charge in [0.25, 0.3) is 0 Å². The summed E-state index contributed by atoms with van der Waals surface area (Å²) in [5, 5.41) is 7.20. The van der Waals surface area contributed by atoms with Crippen LogP contribution in [0.4, 0.5) is 4.39 Å². The van der Waals surface area contributed by atoms with Gasteiger partial charge in [0.1, 0.15) is 5.82 Å². The van der Waals surface area contributed by atoms with Crippen molar-refractivity contribution in [2.45, 2.75) is 32.4 Å². The first-order valence-corrected chi connectivity index (χ1v) is 7.74. The summed E-state index contributed by atoms with van der Waals surface area (Å²) in [6, 6.07) is 6.76. The maximum absolute atomic E-state index is 13.6. The third kappa shape index (κ3) is 4.42. The number of aromatic nitrogens is 4. The molecule has 0 saturated carbocycles. The highest BCUT2D eigenvalue weighted by Crippen LogP contribution is 2.11. The number of benzene rings is 1. The molecule has 2 heterocycles. The molecule has 124 valence electrons. The van der Waals surface area contributed by atoms with Gasteiger partial charge < -0.3 is 9.84 Å². The molecule has 0 aliphatic heterocycles. The second-order valence-electron chi connectivity index (χ2n) is 5.56. The van der Waals surface area contributed by atoms with E-state index >= 15 is 0 Å². The summed E-state index contributed by atoms with van der Waals surface area (Å²) in [7, 11) is 0. The smallest absolute Gasteiger partial charge is 0.240 e. The van der Waals surface area contributed by atoms with Gasteiger partial charge in [-0.2, -0.15) is 4.98 Å². The van der Waals surface area contributed by atoms with Gasteiger partial charge >= 0.3 is 0 Å². The van der Waals surface area contributed by atoms with E-state index in [-0.39, 0.29) is 11.9 Å². The minimum Gasteiger partial charge on any atom is -0.338 e. The van der Waals surface area contributed by atoms with E-state index in [1.807, 2.05) is 6.92 Å². The summed E-state index contributed by atoms with van der Waals surface area (Å²) in [6.07, 6.45) is 6.14. The largest absolute Gasteiger partial charge is 0.338 e. The second-order valence-corrected chi connectivity index (χ2v) is 5.56. The lowest BCUT2D eigenvalue weighted by molar-refractivity contribution is 0.355. The fourth-order valence-corrected chi connectivity index (χ4v) is 2.33. The van der Waals surface area contributed by atoms with E-state index in [1.165, 1.54) is 6.07 Å². The predicted octanol–water partition coefficient (Wildman–Crippen LogP) is 2.31. The summed E-state index contributed by atoms with van der Waals surface area (Å²) in [6.45, 7) is 2.50. The lowest BCUT2D eigenvalue weighted by Crippen LogP contribution is -2.28. The van der Waals surface area contributed by atoms with Gasteiger partial charge in [0.05, 0.1) is 12.2 Å². The molecule has 0 aliphatic rings. The Bertz CT molecular complexity index is 777. The summed E-state index contributed by atoms with van der Waals surface area (Å²) >= 11 is 0. The third-order valence-electron chi connectivity index (χ3n) is 3.55. The zero-order chi connectivity index (χ0) is 16.8. The van der Waals surface area contributed by atoms with Gasteiger partial charge in [-0.15, -0.1) is 0 Å². The molecule has 0 fully saturated rings. The number of rotatable bonds is 7. The van der Waals surface area contributed by atoms with Crippen molar-refractivity contribution in [2.24, 2.45) is 0 Å². The van der Waals surface area contributed by atoms with Gasteiger partial charge in [0.15, 0.2) is 5.82 Å². The van der Waals surface area contributed by atoms with Gasteiger partial charge in [0, 0.05) is 37.5 Å². The van der Waals surface area contributed by atoms with Crippen LogP contribution in [-0.2, 0) is 19.4 Å². The fourth-order valence-electron chi connectivity index (χ4n) is 2.33. The first-order chi connectivity index (χ1) is 11.7. The Hall–Kier alpha value is -2.67. The van der Waals surface area contributed by atoms with Crippen LogP contribution in [0.15, 0.2) is 47.4 Å². The minimum absolute atomic E-state index is 0.184. The van der Waals surface area contributed by atoms with Crippen molar-refractivity contribution in [3.05, 3.63) is 71.6 Å². The molecule has 1 N–H and O–H groups in total. The quantitative estimate of drug-likeness (QED) is 0.717. The van der Waals surface area contributed by atoms with E-state index in [4.69, 9.17) is 4.52 Å². The average molecular weight is 327 g/mol. The molecule has 0 spiro atoms. The van der Waals surface area contributed by atoms with Crippen LogP contribution in [0.25, 0.3) is 0 Å². The Morgan fingerprint density at radius 1 is 1.25 bits per heavy atom. The van der Waals surface area contributed by atoms with Crippen LogP contribution in [-0.4, -0.2) is 26.2 Å². The lowest BCUT2D eigenvalue weighted by atomic mass is 10.1. The van der Waals surface area contributed by atoms with Crippen LogP contribution in [0.5, 0.6) is 0 Å². The molecule has 0 unspecified atom stereocenters. The third-order valence-corrected chi connectivity index (χ3v) is 3.55. The lowest BCUT2D eigenvalue weighted by Gasteiger charge is -2.10. The predicted molar refractivity (Wildman–Crippen MR) is 85.5 cm³/mol. The molecule has 3 aromatic rings. The van der Waals surface area contributed by atoms with Gasteiger partial charge in [0.2, 0.25) is 5.89 Å². The summed E-state index contributed by atoms with van der Waals surface area (Å²) < 4.78 is 18.8. The first-order valence-electron chi connectivity index (χ1n) is 7.74. The monoisotopic (exact) mass is 327 g/mol. The Labute approximate surface area is 139 Å². The number of hydrogen-bond donors (Lipinski definition) is 1. The Balaban J connectivity index is 1.52. The molecule has 1 aromatic carbocycles. The Kier molecular flexibility index (Phi) is 5.22. The van der Waals surface area contributed by atoms with E-state index in [2.05, 4.69) is 25.4 Å². The van der Waals surface area contributed by atoms with Crippen molar-refractivity contribution in [3.8, 4) is 0 Å². The van der Waals surface area contributed by atoms with Gasteiger partial charge in [-0.05, 0) is 18.6 Å². The average Bonchev–Trinajstić information content (AvgIpc) is 3.04. The van der Waals surface area contributed by atoms with E-state index in [0.717, 1.165) is 12.1 Å². The second kappa shape index (κ2) is 7.74. The first kappa shape index (κ1) is 16.2. The van der Waals surface area contributed by atoms with Gasteiger partial charge in [-0.3, -0.25) is 9.97 Å². The highest BCUT2D eigenvalue weighted by atomic mass is 19.1. The van der Waals surface area contributed by atoms with Crippen LogP contribution >= 0.6 is 0 Å². The number of nitrogens with zero attached hydrogens (tertiary/aromatic N) is 4. The topological polar surface area (TPSA) is 76.7 Å². The molecule has 2 aromatic heterocycles. The minimum atomic E-state index is -0.264. The van der Waals surface area contributed by atoms with Crippen molar-refractivity contribution in [2.75, 3.05) is 0 Å². The summed E-state index contributed by atoms with van der Waals surface area (Å²) in [5.41, 5.74) is 1.47. The van der Waals surface area contributed by atoms with Crippen LogP contribution in [0, 0.1) is 5.82 Å². The molecule has 1 atom stereocenters. The fraction of sp³-hybridized carbons (Fsp3) is 0.294. The molecule has 0 bridgehead atoms. The van der Waals surface area contributed by atoms with Crippen molar-refractivity contribution in [3.63, 3.8) is 0 Å². The Morgan fingerprint density at radius 3 is 2.92 bits per heavy atom. The molecule has 3 rings (SSSR count). The van der Waals surface area contributed by atoms with E-state index in [1.54, 1.807) is 36.8 Å². The molecule has 0 radical (unpaired) electrons. The highest BCUT2D eigenvalue weighted by molar-refractivity contribution is 5.20. The normalized spacial score (nSPS) is 12.2. The van der Waals surface area contributed by atoms with Crippen molar-refractivity contribution in [1.82, 2.24) is 25.4 Å². The van der Waals surface area contributed by atoms with Crippen LogP contribution < -0.4 is 5.32 Å². The van der Waals surface area contributed by atoms with Crippen LogP contribution in [0.1, 0.15) is 29.9 Å². The molecular formula is C17H18FN5O. The highest BCUT2D eigenvalue weighted by Gasteiger charge is 2.11. The number of nitrogens with one attached hydrogen (secondary N) is 1. The molecule has 0 amide bonds. The van der Waals surface area contributed by atoms with Crippen molar-refractivity contribution >= 4 is 0 Å². The SMILES string of the molecule is C[C@H](Cc1cnccn1)NCc1nc(Cc2ccccc2F)no1. The van der Waals surface area contributed by atoms with Crippen molar-refractivity contribution < 1.29 is 8.91 Å². The maximum Gasteiger partial charge on any atom is 0.240 e. The van der Waals surface area contributed by atoms with E-state index in [0.29, 0.717) is 30.2 Å². The zero-order valence-electron chi connectivity index (χ0n) is 13.3. The maximum atomic E-state index is 13.6. The standard InChI is InChI=1S/C17H18FN5O/c1-12(8-14-10-19-6-7-20-14)21-11-17-22-16(23-24-17)9-13-4-2-3-5-15(13)18/h2-7,10,12,21H,8-9,11H2,1H3/t12-/m1/s1. The molecule has 0 aliphatic carbocycles. The molecule has 24 heavy (non-hydrogen) atoms. The van der Waals surface area contributed by atoms with E-state index in [9.17, 15) is 4.39 Å². The van der Waals surface area contributed by atoms with Gasteiger partial charge in [-0.1, -0.05) is 23.4 Å². The summed E-state index contributed by atoms with van der Waals surface area (Å²) in [5.74, 6) is 0.686. The molecular weight excluding hydrogens is 309 g/mol. The summed E-state index contributed by atoms with van der Waals surface area (Å²) in [4.78, 5) is 12.6.